The van der Waals surface area contributed by atoms with Crippen molar-refractivity contribution in [1.82, 2.24) is 40.4 Å². The molecule has 8 rings (SSSR count). The molecule has 6 atom stereocenters. The first-order valence-electron chi connectivity index (χ1n) is 18.8. The molecule has 282 valence electrons. The number of imidazole rings is 2. The fourth-order valence-corrected chi connectivity index (χ4v) is 9.06. The third-order valence-corrected chi connectivity index (χ3v) is 11.7. The van der Waals surface area contributed by atoms with Crippen molar-refractivity contribution in [1.29, 1.82) is 0 Å². The molecule has 4 amide bonds. The van der Waals surface area contributed by atoms with Crippen LogP contribution < -0.4 is 10.6 Å². The number of H-pyrrole nitrogens is 2. The number of nitrogens with zero attached hydrogens (tertiary/aromatic N) is 4. The number of aromatic amines is 2. The Hall–Kier alpha value is -5.66. The Morgan fingerprint density at radius 1 is 0.778 bits per heavy atom. The molecule has 2 aromatic carbocycles. The molecule has 4 N–H and O–H groups in total. The van der Waals surface area contributed by atoms with Gasteiger partial charge in [0.25, 0.3) is 0 Å². The van der Waals surface area contributed by atoms with Crippen LogP contribution in [0, 0.1) is 5.92 Å². The van der Waals surface area contributed by atoms with Crippen LogP contribution in [0.2, 0.25) is 0 Å². The van der Waals surface area contributed by atoms with E-state index in [2.05, 4.69) is 61.7 Å². The minimum atomic E-state index is -0.702. The summed E-state index contributed by atoms with van der Waals surface area (Å²) in [5, 5.41) is 5.20. The molecule has 14 nitrogen and oxygen atoms in total. The molecule has 0 unspecified atom stereocenters. The molecule has 2 aliphatic heterocycles. The number of benzene rings is 2. The van der Waals surface area contributed by atoms with Crippen LogP contribution in [0.4, 0.5) is 9.59 Å². The Morgan fingerprint density at radius 2 is 1.35 bits per heavy atom. The largest absolute Gasteiger partial charge is 0.453 e. The van der Waals surface area contributed by atoms with Crippen LogP contribution in [-0.4, -0.2) is 92.6 Å². The van der Waals surface area contributed by atoms with Gasteiger partial charge in [-0.1, -0.05) is 24.3 Å². The van der Waals surface area contributed by atoms with Crippen LogP contribution in [0.15, 0.2) is 48.8 Å². The van der Waals surface area contributed by atoms with E-state index in [0.717, 1.165) is 79.1 Å². The summed E-state index contributed by atoms with van der Waals surface area (Å²) in [6.07, 6.45) is 8.83. The number of aryl methyl sites for hydroxylation is 2. The summed E-state index contributed by atoms with van der Waals surface area (Å²) in [6.45, 7) is 3.96. The summed E-state index contributed by atoms with van der Waals surface area (Å²) in [5.41, 5.74) is 8.86. The number of aromatic nitrogens is 4. The lowest BCUT2D eigenvalue weighted by atomic mass is 9.83. The molecule has 0 spiro atoms. The Kier molecular flexibility index (Phi) is 9.36. The molecule has 14 heteroatoms. The highest BCUT2D eigenvalue weighted by Crippen LogP contribution is 2.50. The number of hydrogen-bond acceptors (Lipinski definition) is 8. The Morgan fingerprint density at radius 3 is 1.96 bits per heavy atom. The molecule has 54 heavy (non-hydrogen) atoms. The summed E-state index contributed by atoms with van der Waals surface area (Å²) >= 11 is 0. The van der Waals surface area contributed by atoms with E-state index in [0.29, 0.717) is 12.5 Å². The van der Waals surface area contributed by atoms with Crippen molar-refractivity contribution in [2.24, 2.45) is 5.92 Å². The van der Waals surface area contributed by atoms with Gasteiger partial charge in [-0.25, -0.2) is 19.6 Å². The number of piperidine rings is 1. The van der Waals surface area contributed by atoms with Gasteiger partial charge in [-0.2, -0.15) is 0 Å². The zero-order chi connectivity index (χ0) is 37.7. The van der Waals surface area contributed by atoms with Crippen LogP contribution in [0.1, 0.15) is 80.8 Å². The van der Waals surface area contributed by atoms with Gasteiger partial charge in [-0.15, -0.1) is 0 Å². The van der Waals surface area contributed by atoms with Crippen molar-refractivity contribution in [3.63, 3.8) is 0 Å². The monoisotopic (exact) mass is 734 g/mol. The lowest BCUT2D eigenvalue weighted by Crippen LogP contribution is -2.50. The van der Waals surface area contributed by atoms with Crippen molar-refractivity contribution in [2.45, 2.75) is 89.0 Å². The predicted octanol–water partition coefficient (Wildman–Crippen LogP) is 5.44. The van der Waals surface area contributed by atoms with Gasteiger partial charge >= 0.3 is 12.2 Å². The number of methoxy groups -OCH3 is 2. The molecular weight excluding hydrogens is 688 g/mol. The van der Waals surface area contributed by atoms with Crippen molar-refractivity contribution < 1.29 is 28.7 Å². The molecule has 2 bridgehead atoms. The minimum absolute atomic E-state index is 0.118. The lowest BCUT2D eigenvalue weighted by Gasteiger charge is -2.36. The van der Waals surface area contributed by atoms with E-state index in [4.69, 9.17) is 14.7 Å². The van der Waals surface area contributed by atoms with Gasteiger partial charge in [0.05, 0.1) is 50.1 Å². The number of ether oxygens (including phenoxy) is 2. The molecular formula is C40H46N8O6. The number of likely N-dealkylation sites (tertiary alicyclic amines) is 2. The summed E-state index contributed by atoms with van der Waals surface area (Å²) in [4.78, 5) is 70.5. The van der Waals surface area contributed by atoms with E-state index >= 15 is 0 Å². The second-order valence-electron chi connectivity index (χ2n) is 14.9. The van der Waals surface area contributed by atoms with Crippen LogP contribution in [0.3, 0.4) is 0 Å². The van der Waals surface area contributed by atoms with Crippen molar-refractivity contribution in [2.75, 3.05) is 20.8 Å². The van der Waals surface area contributed by atoms with Gasteiger partial charge in [-0.05, 0) is 110 Å². The van der Waals surface area contributed by atoms with Gasteiger partial charge in [0, 0.05) is 12.6 Å². The number of nitrogens with one attached hydrogen (secondary N) is 4. The molecule has 0 radical (unpaired) electrons. The maximum Gasteiger partial charge on any atom is 0.407 e. The first kappa shape index (κ1) is 35.4. The smallest absolute Gasteiger partial charge is 0.407 e. The molecule has 4 aromatic rings. The highest BCUT2D eigenvalue weighted by atomic mass is 16.5. The Balaban J connectivity index is 0.976. The zero-order valence-electron chi connectivity index (χ0n) is 31.0. The minimum Gasteiger partial charge on any atom is -0.453 e. The zero-order valence-corrected chi connectivity index (χ0v) is 31.0. The number of carbonyl (C=O) groups excluding carboxylic acids is 4. The Labute approximate surface area is 313 Å². The molecule has 2 aliphatic carbocycles. The van der Waals surface area contributed by atoms with Crippen LogP contribution in [0.5, 0.6) is 0 Å². The van der Waals surface area contributed by atoms with E-state index in [1.807, 2.05) is 17.3 Å². The lowest BCUT2D eigenvalue weighted by molar-refractivity contribution is -0.137. The maximum atomic E-state index is 13.5. The number of carbonyl (C=O) groups is 4. The summed E-state index contributed by atoms with van der Waals surface area (Å²) in [7, 11) is 2.57. The highest BCUT2D eigenvalue weighted by molar-refractivity contribution is 5.87. The third-order valence-electron chi connectivity index (χ3n) is 11.7. The standard InChI is InChI=1S/C40H46N8O6/c1-21(43-39(51)53-3)37(49)47-15-5-6-33(47)35-41-19-31(45-35)25-10-13-29-23(16-25)7-8-24-17-26(11-14-30(24)29)32-20-42-36(46-32)34-27-9-12-28(18-27)48(34)38(50)22(2)44-40(52)54-4/h10-11,13-14,16-17,19-22,27-28,33-34H,5-9,12,15,18H2,1-4H3,(H,41,45)(H,42,46)(H,43,51)(H,44,52)/t21-,22-,27+,28+,33-,34-/m0/s1. The van der Waals surface area contributed by atoms with E-state index in [9.17, 15) is 19.2 Å². The van der Waals surface area contributed by atoms with E-state index < -0.39 is 24.3 Å². The third kappa shape index (κ3) is 6.36. The Bertz CT molecular complexity index is 2110. The van der Waals surface area contributed by atoms with Gasteiger partial charge < -0.3 is 39.9 Å². The van der Waals surface area contributed by atoms with E-state index in [1.54, 1.807) is 18.7 Å². The average Bonchev–Trinajstić information content (AvgIpc) is 4.05. The molecule has 4 aliphatic rings. The summed E-state index contributed by atoms with van der Waals surface area (Å²) < 4.78 is 9.38. The quantitative estimate of drug-likeness (QED) is 0.185. The van der Waals surface area contributed by atoms with E-state index in [1.165, 1.54) is 36.5 Å². The van der Waals surface area contributed by atoms with Crippen molar-refractivity contribution in [3.05, 3.63) is 71.6 Å². The van der Waals surface area contributed by atoms with Crippen LogP contribution in [0.25, 0.3) is 33.6 Å². The molecule has 4 heterocycles. The van der Waals surface area contributed by atoms with Crippen LogP contribution >= 0.6 is 0 Å². The number of amides is 4. The highest BCUT2D eigenvalue weighted by Gasteiger charge is 2.50. The SMILES string of the molecule is COC(=O)N[C@@H](C)C(=O)N1CCC[C@H]1c1ncc(-c2ccc3c(c2)CCc2cc(-c4cnc([C@@H]5[C@@H]6CC[C@H](C6)N5C(=O)[C@H](C)NC(=O)OC)[nH]4)ccc2-3)[nH]1. The predicted molar refractivity (Wildman–Crippen MR) is 199 cm³/mol. The first-order valence-corrected chi connectivity index (χ1v) is 18.8. The number of alkyl carbamates (subject to hydrolysis) is 2. The normalized spacial score (nSPS) is 22.3. The molecule has 2 aromatic heterocycles. The number of hydrogen-bond donors (Lipinski definition) is 4. The van der Waals surface area contributed by atoms with E-state index in [-0.39, 0.29) is 29.9 Å². The molecule has 1 saturated carbocycles. The average molecular weight is 735 g/mol. The number of rotatable bonds is 8. The fraction of sp³-hybridized carbons (Fsp3) is 0.450. The first-order chi connectivity index (χ1) is 26.1. The van der Waals surface area contributed by atoms with Gasteiger partial charge in [0.1, 0.15) is 23.7 Å². The van der Waals surface area contributed by atoms with Gasteiger partial charge in [0.2, 0.25) is 11.8 Å². The van der Waals surface area contributed by atoms with Crippen molar-refractivity contribution in [3.8, 4) is 33.6 Å². The maximum absolute atomic E-state index is 13.5. The number of fused-ring (bicyclic) bond motifs is 5. The molecule has 2 saturated heterocycles. The topological polar surface area (TPSA) is 175 Å². The molecule has 3 fully saturated rings. The fourth-order valence-electron chi connectivity index (χ4n) is 9.06. The van der Waals surface area contributed by atoms with Gasteiger partial charge in [-0.3, -0.25) is 9.59 Å². The second kappa shape index (κ2) is 14.3. The van der Waals surface area contributed by atoms with Gasteiger partial charge in [0.15, 0.2) is 0 Å². The summed E-state index contributed by atoms with van der Waals surface area (Å²) in [5.74, 6) is 1.57. The van der Waals surface area contributed by atoms with Crippen molar-refractivity contribution >= 4 is 24.0 Å². The second-order valence-corrected chi connectivity index (χ2v) is 14.9. The summed E-state index contributed by atoms with van der Waals surface area (Å²) in [6, 6.07) is 11.5. The van der Waals surface area contributed by atoms with Crippen LogP contribution in [-0.2, 0) is 31.9 Å².